The quantitative estimate of drug-likeness (QED) is 0.615. The number of benzene rings is 1. The van der Waals surface area contributed by atoms with Gasteiger partial charge in [-0.05, 0) is 30.4 Å². The second-order valence-electron chi connectivity index (χ2n) is 4.83. The molecule has 0 unspecified atom stereocenters. The van der Waals surface area contributed by atoms with Gasteiger partial charge in [0.2, 0.25) is 11.5 Å². The lowest BCUT2D eigenvalue weighted by Crippen LogP contribution is -2.14. The van der Waals surface area contributed by atoms with Gasteiger partial charge < -0.3 is 4.84 Å². The molecule has 0 saturated heterocycles. The SMILES string of the molecule is O=C1C=C/C(=N\Oc2ccc([N+](=O)[O-])cc2[N+](=O)[O-])c2cccnc21. The van der Waals surface area contributed by atoms with Crippen molar-refractivity contribution in [2.45, 2.75) is 0 Å². The fourth-order valence-corrected chi connectivity index (χ4v) is 2.15. The number of oxime groups is 1. The molecule has 1 heterocycles. The Morgan fingerprint density at radius 1 is 1.08 bits per heavy atom. The topological polar surface area (TPSA) is 138 Å². The first-order chi connectivity index (χ1) is 12.0. The number of ketones is 1. The van der Waals surface area contributed by atoms with Crippen LogP contribution in [0.2, 0.25) is 0 Å². The van der Waals surface area contributed by atoms with Crippen LogP contribution in [0, 0.1) is 20.2 Å². The van der Waals surface area contributed by atoms with Crippen molar-refractivity contribution in [1.29, 1.82) is 0 Å². The predicted molar refractivity (Wildman–Crippen MR) is 84.6 cm³/mol. The maximum absolute atomic E-state index is 11.8. The molecule has 2 aromatic rings. The number of allylic oxidation sites excluding steroid dienone is 2. The summed E-state index contributed by atoms with van der Waals surface area (Å²) >= 11 is 0. The first-order valence-electron chi connectivity index (χ1n) is 6.83. The lowest BCUT2D eigenvalue weighted by atomic mass is 10.00. The van der Waals surface area contributed by atoms with Crippen LogP contribution in [0.25, 0.3) is 0 Å². The van der Waals surface area contributed by atoms with Crippen molar-refractivity contribution in [3.8, 4) is 5.75 Å². The smallest absolute Gasteiger partial charge is 0.321 e. The van der Waals surface area contributed by atoms with Gasteiger partial charge >= 0.3 is 5.69 Å². The van der Waals surface area contributed by atoms with Crippen molar-refractivity contribution < 1.29 is 19.5 Å². The standard InChI is InChI=1S/C15H8N4O6/c20-13-5-4-11(10-2-1-7-16-15(10)13)17-25-14-6-3-9(18(21)22)8-12(14)19(23)24/h1-8H/b17-11+. The minimum atomic E-state index is -0.807. The number of carbonyl (C=O) groups excluding carboxylic acids is 1. The summed E-state index contributed by atoms with van der Waals surface area (Å²) in [6.07, 6.45) is 4.10. The van der Waals surface area contributed by atoms with E-state index in [1.165, 1.54) is 18.3 Å². The molecule has 0 bridgehead atoms. The number of nitro benzene ring substituents is 2. The average molecular weight is 340 g/mol. The van der Waals surface area contributed by atoms with Crippen LogP contribution in [-0.2, 0) is 0 Å². The fourth-order valence-electron chi connectivity index (χ4n) is 2.15. The van der Waals surface area contributed by atoms with E-state index in [0.717, 1.165) is 18.2 Å². The summed E-state index contributed by atoms with van der Waals surface area (Å²) in [4.78, 5) is 41.1. The molecule has 10 nitrogen and oxygen atoms in total. The normalized spacial score (nSPS) is 14.2. The summed E-state index contributed by atoms with van der Waals surface area (Å²) in [7, 11) is 0. The minimum absolute atomic E-state index is 0.186. The van der Waals surface area contributed by atoms with Gasteiger partial charge in [-0.15, -0.1) is 0 Å². The predicted octanol–water partition coefficient (Wildman–Crippen LogP) is 2.43. The maximum atomic E-state index is 11.8. The van der Waals surface area contributed by atoms with Gasteiger partial charge in [0.1, 0.15) is 11.4 Å². The van der Waals surface area contributed by atoms with Crippen LogP contribution in [0.5, 0.6) is 5.75 Å². The molecule has 1 aromatic carbocycles. The highest BCUT2D eigenvalue weighted by Gasteiger charge is 2.22. The highest BCUT2D eigenvalue weighted by molar-refractivity contribution is 6.22. The molecule has 0 amide bonds. The van der Waals surface area contributed by atoms with Crippen molar-refractivity contribution in [3.63, 3.8) is 0 Å². The summed E-state index contributed by atoms with van der Waals surface area (Å²) in [5.74, 6) is -0.560. The zero-order chi connectivity index (χ0) is 18.0. The Morgan fingerprint density at radius 2 is 1.88 bits per heavy atom. The first kappa shape index (κ1) is 15.9. The van der Waals surface area contributed by atoms with E-state index in [-0.39, 0.29) is 22.9 Å². The molecule has 25 heavy (non-hydrogen) atoms. The van der Waals surface area contributed by atoms with Gasteiger partial charge in [-0.2, -0.15) is 0 Å². The molecular formula is C15H8N4O6. The Balaban J connectivity index is 1.97. The van der Waals surface area contributed by atoms with E-state index < -0.39 is 21.2 Å². The number of non-ortho nitro benzene ring substituents is 1. The van der Waals surface area contributed by atoms with E-state index in [4.69, 9.17) is 4.84 Å². The van der Waals surface area contributed by atoms with Crippen LogP contribution >= 0.6 is 0 Å². The van der Waals surface area contributed by atoms with Crippen molar-refractivity contribution >= 4 is 22.9 Å². The number of aromatic nitrogens is 1. The highest BCUT2D eigenvalue weighted by atomic mass is 16.7. The van der Waals surface area contributed by atoms with Crippen molar-refractivity contribution in [1.82, 2.24) is 4.98 Å². The van der Waals surface area contributed by atoms with E-state index in [9.17, 15) is 25.0 Å². The first-order valence-corrected chi connectivity index (χ1v) is 6.83. The molecule has 124 valence electrons. The molecule has 0 N–H and O–H groups in total. The van der Waals surface area contributed by atoms with Gasteiger partial charge in [-0.25, -0.2) is 0 Å². The lowest BCUT2D eigenvalue weighted by Gasteiger charge is -2.10. The van der Waals surface area contributed by atoms with Crippen molar-refractivity contribution in [2.24, 2.45) is 5.16 Å². The maximum Gasteiger partial charge on any atom is 0.321 e. The fraction of sp³-hybridized carbons (Fsp3) is 0. The number of fused-ring (bicyclic) bond motifs is 1. The molecule has 0 aliphatic heterocycles. The number of rotatable bonds is 4. The number of hydrogen-bond donors (Lipinski definition) is 0. The van der Waals surface area contributed by atoms with E-state index >= 15 is 0 Å². The van der Waals surface area contributed by atoms with Crippen LogP contribution in [0.3, 0.4) is 0 Å². The van der Waals surface area contributed by atoms with Gasteiger partial charge in [-0.3, -0.25) is 30.0 Å². The molecular weight excluding hydrogens is 332 g/mol. The molecule has 0 saturated carbocycles. The van der Waals surface area contributed by atoms with Crippen molar-refractivity contribution in [3.05, 3.63) is 80.2 Å². The van der Waals surface area contributed by atoms with Gasteiger partial charge in [0.25, 0.3) is 5.69 Å². The summed E-state index contributed by atoms with van der Waals surface area (Å²) in [5, 5.41) is 25.6. The van der Waals surface area contributed by atoms with Crippen LogP contribution in [0.4, 0.5) is 11.4 Å². The third-order valence-corrected chi connectivity index (χ3v) is 3.30. The molecule has 1 aromatic heterocycles. The molecule has 0 spiro atoms. The number of hydrogen-bond acceptors (Lipinski definition) is 8. The van der Waals surface area contributed by atoms with Crippen molar-refractivity contribution in [2.75, 3.05) is 0 Å². The molecule has 0 fully saturated rings. The second kappa shape index (κ2) is 6.28. The summed E-state index contributed by atoms with van der Waals surface area (Å²) in [6, 6.07) is 6.15. The minimum Gasteiger partial charge on any atom is -0.349 e. The monoisotopic (exact) mass is 340 g/mol. The van der Waals surface area contributed by atoms with E-state index in [2.05, 4.69) is 10.1 Å². The molecule has 1 aliphatic rings. The molecule has 10 heteroatoms. The third-order valence-electron chi connectivity index (χ3n) is 3.30. The largest absolute Gasteiger partial charge is 0.349 e. The van der Waals surface area contributed by atoms with Gasteiger partial charge in [0.05, 0.1) is 15.9 Å². The number of pyridine rings is 1. The molecule has 0 radical (unpaired) electrons. The summed E-state index contributed by atoms with van der Waals surface area (Å²) in [6.45, 7) is 0. The zero-order valence-corrected chi connectivity index (χ0v) is 12.4. The summed E-state index contributed by atoms with van der Waals surface area (Å²) in [5.41, 5.74) is -0.189. The molecule has 0 atom stereocenters. The van der Waals surface area contributed by atoms with E-state index in [0.29, 0.717) is 5.56 Å². The van der Waals surface area contributed by atoms with E-state index in [1.807, 2.05) is 0 Å². The highest BCUT2D eigenvalue weighted by Crippen LogP contribution is 2.31. The van der Waals surface area contributed by atoms with Gasteiger partial charge in [0, 0.05) is 17.8 Å². The summed E-state index contributed by atoms with van der Waals surface area (Å²) < 4.78 is 0. The number of nitrogens with zero attached hydrogens (tertiary/aromatic N) is 4. The number of nitro groups is 2. The van der Waals surface area contributed by atoms with Crippen LogP contribution in [0.1, 0.15) is 16.1 Å². The second-order valence-corrected chi connectivity index (χ2v) is 4.83. The van der Waals surface area contributed by atoms with Gasteiger partial charge in [-0.1, -0.05) is 5.16 Å². The van der Waals surface area contributed by atoms with Crippen LogP contribution in [-0.4, -0.2) is 26.3 Å². The molecule has 3 rings (SSSR count). The Kier molecular flexibility index (Phi) is 4.00. The van der Waals surface area contributed by atoms with Crippen LogP contribution in [0.15, 0.2) is 53.8 Å². The molecule has 1 aliphatic carbocycles. The Hall–Kier alpha value is -3.95. The Bertz CT molecular complexity index is 966. The third kappa shape index (κ3) is 3.08. The van der Waals surface area contributed by atoms with Gasteiger partial charge in [0.15, 0.2) is 0 Å². The Labute approximate surface area is 139 Å². The zero-order valence-electron chi connectivity index (χ0n) is 12.4. The number of carbonyl (C=O) groups is 1. The average Bonchev–Trinajstić information content (AvgIpc) is 2.61. The lowest BCUT2D eigenvalue weighted by molar-refractivity contribution is -0.394. The van der Waals surface area contributed by atoms with Crippen LogP contribution < -0.4 is 4.84 Å². The Morgan fingerprint density at radius 3 is 2.60 bits per heavy atom. The van der Waals surface area contributed by atoms with E-state index in [1.54, 1.807) is 12.1 Å².